The van der Waals surface area contributed by atoms with Gasteiger partial charge in [0, 0.05) is 19.3 Å². The lowest BCUT2D eigenvalue weighted by Crippen LogP contribution is -2.41. The fourth-order valence-corrected chi connectivity index (χ4v) is 4.30. The quantitative estimate of drug-likeness (QED) is 0.864. The van der Waals surface area contributed by atoms with Crippen LogP contribution in [0.3, 0.4) is 0 Å². The highest BCUT2D eigenvalue weighted by molar-refractivity contribution is 7.88. The Labute approximate surface area is 145 Å². The fourth-order valence-electron chi connectivity index (χ4n) is 2.92. The molecule has 130 valence electrons. The third-order valence-electron chi connectivity index (χ3n) is 4.11. The Kier molecular flexibility index (Phi) is 4.75. The molecule has 3 rings (SSSR count). The first-order valence-electron chi connectivity index (χ1n) is 7.64. The molecule has 0 saturated heterocycles. The lowest BCUT2D eigenvalue weighted by Gasteiger charge is -2.34. The number of thiophene rings is 1. The molecule has 9 heteroatoms. The number of carbonyl (C=O) groups excluding carboxylic acids is 1. The lowest BCUT2D eigenvalue weighted by atomic mass is 10.1. The normalized spacial score (nSPS) is 17.8. The lowest BCUT2D eigenvalue weighted by molar-refractivity contribution is 0.0679. The van der Waals surface area contributed by atoms with E-state index in [4.69, 9.17) is 0 Å². The van der Waals surface area contributed by atoms with E-state index in [-0.39, 0.29) is 11.9 Å². The largest absolute Gasteiger partial charge is 0.330 e. The molecule has 2 aromatic rings. The van der Waals surface area contributed by atoms with Crippen molar-refractivity contribution in [3.05, 3.63) is 40.1 Å². The Hall–Kier alpha value is -1.71. The molecule has 0 bridgehead atoms. The zero-order valence-corrected chi connectivity index (χ0v) is 15.2. The zero-order valence-electron chi connectivity index (χ0n) is 13.6. The minimum atomic E-state index is -3.21. The smallest absolute Gasteiger partial charge is 0.264 e. The van der Waals surface area contributed by atoms with Gasteiger partial charge < -0.3 is 9.47 Å². The van der Waals surface area contributed by atoms with Crippen molar-refractivity contribution in [2.24, 2.45) is 0 Å². The van der Waals surface area contributed by atoms with E-state index >= 15 is 0 Å². The highest BCUT2D eigenvalue weighted by atomic mass is 32.2. The number of sulfonamides is 1. The maximum absolute atomic E-state index is 12.8. The van der Waals surface area contributed by atoms with E-state index in [9.17, 15) is 13.2 Å². The second-order valence-corrected chi connectivity index (χ2v) is 8.77. The molecule has 1 amide bonds. The van der Waals surface area contributed by atoms with Crippen LogP contribution < -0.4 is 4.72 Å². The minimum absolute atomic E-state index is 0.00900. The molecule has 0 aromatic carbocycles. The Morgan fingerprint density at radius 3 is 2.96 bits per heavy atom. The maximum Gasteiger partial charge on any atom is 0.264 e. The first-order valence-corrected chi connectivity index (χ1v) is 10.4. The van der Waals surface area contributed by atoms with Crippen molar-refractivity contribution >= 4 is 27.3 Å². The molecular formula is C15H20N4O3S2. The first-order chi connectivity index (χ1) is 11.3. The number of hydrogen-bond donors (Lipinski definition) is 1. The second-order valence-electron chi connectivity index (χ2n) is 6.02. The van der Waals surface area contributed by atoms with Crippen LogP contribution in [0.15, 0.2) is 24.0 Å². The van der Waals surface area contributed by atoms with Gasteiger partial charge in [-0.3, -0.25) is 4.79 Å². The average Bonchev–Trinajstić information content (AvgIpc) is 3.13. The molecule has 0 saturated carbocycles. The van der Waals surface area contributed by atoms with E-state index in [0.717, 1.165) is 22.4 Å². The highest BCUT2D eigenvalue weighted by Crippen LogP contribution is 2.26. The van der Waals surface area contributed by atoms with E-state index in [2.05, 4.69) is 9.71 Å². The summed E-state index contributed by atoms with van der Waals surface area (Å²) in [5, 5.41) is 1.92. The summed E-state index contributed by atoms with van der Waals surface area (Å²) in [5.74, 6) is 0.0241. The molecule has 0 aliphatic carbocycles. The Bertz CT molecular complexity index is 841. The number of carbonyl (C=O) groups is 1. The van der Waals surface area contributed by atoms with Crippen LogP contribution in [0.4, 0.5) is 0 Å². The average molecular weight is 368 g/mol. The van der Waals surface area contributed by atoms with Crippen molar-refractivity contribution in [3.63, 3.8) is 0 Å². The molecule has 1 aliphatic heterocycles. The first kappa shape index (κ1) is 17.1. The number of amides is 1. The van der Waals surface area contributed by atoms with Crippen molar-refractivity contribution in [3.8, 4) is 0 Å². The van der Waals surface area contributed by atoms with Crippen LogP contribution in [-0.2, 0) is 16.6 Å². The van der Waals surface area contributed by atoms with E-state index in [1.165, 1.54) is 11.3 Å². The predicted octanol–water partition coefficient (Wildman–Crippen LogP) is 1.39. The third-order valence-corrected chi connectivity index (χ3v) is 5.84. The Morgan fingerprint density at radius 1 is 1.50 bits per heavy atom. The molecular weight excluding hydrogens is 348 g/mol. The van der Waals surface area contributed by atoms with Gasteiger partial charge in [0.25, 0.3) is 5.91 Å². The summed E-state index contributed by atoms with van der Waals surface area (Å²) >= 11 is 1.45. The molecule has 24 heavy (non-hydrogen) atoms. The summed E-state index contributed by atoms with van der Waals surface area (Å²) < 4.78 is 27.0. The van der Waals surface area contributed by atoms with Crippen LogP contribution in [0.5, 0.6) is 0 Å². The number of aromatic nitrogens is 2. The SMILES string of the molecule is Cc1ccsc1C(=O)N1Cc2cncn2[C@H](CCNS(C)(=O)=O)C1. The van der Waals surface area contributed by atoms with Gasteiger partial charge in [-0.05, 0) is 30.4 Å². The number of rotatable bonds is 5. The van der Waals surface area contributed by atoms with Gasteiger partial charge in [-0.1, -0.05) is 0 Å². The highest BCUT2D eigenvalue weighted by Gasteiger charge is 2.29. The Morgan fingerprint density at radius 2 is 2.29 bits per heavy atom. The van der Waals surface area contributed by atoms with Gasteiger partial charge >= 0.3 is 0 Å². The minimum Gasteiger partial charge on any atom is -0.330 e. The predicted molar refractivity (Wildman–Crippen MR) is 92.5 cm³/mol. The Balaban J connectivity index is 1.76. The van der Waals surface area contributed by atoms with E-state index in [1.807, 2.05) is 27.8 Å². The second kappa shape index (κ2) is 6.66. The van der Waals surface area contributed by atoms with Crippen molar-refractivity contribution in [1.29, 1.82) is 0 Å². The summed E-state index contributed by atoms with van der Waals surface area (Å²) in [7, 11) is -3.21. The molecule has 2 aromatic heterocycles. The van der Waals surface area contributed by atoms with Gasteiger partial charge in [0.2, 0.25) is 10.0 Å². The van der Waals surface area contributed by atoms with Gasteiger partial charge in [0.15, 0.2) is 0 Å². The van der Waals surface area contributed by atoms with Crippen LogP contribution in [0.1, 0.15) is 33.4 Å². The number of nitrogens with zero attached hydrogens (tertiary/aromatic N) is 3. The van der Waals surface area contributed by atoms with Gasteiger partial charge in [0.05, 0.1) is 35.7 Å². The van der Waals surface area contributed by atoms with Crippen molar-refractivity contribution in [2.75, 3.05) is 19.3 Å². The number of fused-ring (bicyclic) bond motifs is 1. The summed E-state index contributed by atoms with van der Waals surface area (Å²) in [4.78, 5) is 19.5. The van der Waals surface area contributed by atoms with E-state index in [0.29, 0.717) is 26.1 Å². The standard InChI is InChI=1S/C15H20N4O3S2/c1-11-4-6-23-14(11)15(20)18-8-12(3-5-17-24(2,21)22)19-10-16-7-13(19)9-18/h4,6-7,10,12,17H,3,5,8-9H2,1-2H3/t12-/m1/s1. The van der Waals surface area contributed by atoms with Gasteiger partial charge in [0.1, 0.15) is 0 Å². The number of imidazole rings is 1. The van der Waals surface area contributed by atoms with Crippen LogP contribution in [0.2, 0.25) is 0 Å². The van der Waals surface area contributed by atoms with E-state index in [1.54, 1.807) is 12.5 Å². The molecule has 0 unspecified atom stereocenters. The van der Waals surface area contributed by atoms with Crippen LogP contribution in [-0.4, -0.2) is 48.1 Å². The van der Waals surface area contributed by atoms with Crippen molar-refractivity contribution in [1.82, 2.24) is 19.2 Å². The maximum atomic E-state index is 12.8. The number of hydrogen-bond acceptors (Lipinski definition) is 5. The van der Waals surface area contributed by atoms with Crippen molar-refractivity contribution in [2.45, 2.75) is 25.9 Å². The van der Waals surface area contributed by atoms with Crippen LogP contribution in [0.25, 0.3) is 0 Å². The third kappa shape index (κ3) is 3.68. The summed E-state index contributed by atoms with van der Waals surface area (Å²) in [6.07, 6.45) is 5.26. The van der Waals surface area contributed by atoms with Crippen LogP contribution in [0, 0.1) is 6.92 Å². The number of nitrogens with one attached hydrogen (secondary N) is 1. The topological polar surface area (TPSA) is 84.3 Å². The summed E-state index contributed by atoms with van der Waals surface area (Å²) in [6, 6.07) is 1.95. The molecule has 0 fully saturated rings. The van der Waals surface area contributed by atoms with Gasteiger partial charge in [-0.15, -0.1) is 11.3 Å². The van der Waals surface area contributed by atoms with Gasteiger partial charge in [-0.2, -0.15) is 0 Å². The molecule has 1 N–H and O–H groups in total. The monoisotopic (exact) mass is 368 g/mol. The molecule has 1 atom stereocenters. The van der Waals surface area contributed by atoms with Gasteiger partial charge in [-0.25, -0.2) is 18.1 Å². The summed E-state index contributed by atoms with van der Waals surface area (Å²) in [6.45, 7) is 3.34. The van der Waals surface area contributed by atoms with E-state index < -0.39 is 10.0 Å². The molecule has 3 heterocycles. The molecule has 7 nitrogen and oxygen atoms in total. The zero-order chi connectivity index (χ0) is 17.3. The summed E-state index contributed by atoms with van der Waals surface area (Å²) in [5.41, 5.74) is 1.95. The fraction of sp³-hybridized carbons (Fsp3) is 0.467. The molecule has 1 aliphatic rings. The molecule has 0 spiro atoms. The van der Waals surface area contributed by atoms with Crippen LogP contribution >= 0.6 is 11.3 Å². The number of aryl methyl sites for hydroxylation is 1. The van der Waals surface area contributed by atoms with Crippen molar-refractivity contribution < 1.29 is 13.2 Å². The molecule has 0 radical (unpaired) electrons.